The molecule has 0 radical (unpaired) electrons. The topological polar surface area (TPSA) is 38.7 Å². The molecule has 3 heterocycles. The van der Waals surface area contributed by atoms with Gasteiger partial charge in [0.25, 0.3) is 0 Å². The summed E-state index contributed by atoms with van der Waals surface area (Å²) in [5.41, 5.74) is -0.116. The number of rotatable bonds is 3. The van der Waals surface area contributed by atoms with E-state index < -0.39 is 54.6 Å². The first-order valence-electron chi connectivity index (χ1n) is 14.5. The normalized spacial score (nSPS) is 12.4. The first-order valence-corrected chi connectivity index (χ1v) is 16.5. The number of hydrogen-bond acceptors (Lipinski definition) is 3. The molecule has 0 saturated carbocycles. The molecule has 300 valence electrons. The van der Waals surface area contributed by atoms with Crippen LogP contribution in [0.1, 0.15) is 11.1 Å². The predicted octanol–water partition coefficient (Wildman–Crippen LogP) is 13.8. The average molecular weight is 1010 g/mol. The van der Waals surface area contributed by atoms with Gasteiger partial charge in [-0.15, -0.1) is 24.3 Å². The van der Waals surface area contributed by atoms with Crippen LogP contribution in [-0.2, 0) is 32.5 Å². The predicted molar refractivity (Wildman–Crippen MR) is 170 cm³/mol. The van der Waals surface area contributed by atoms with Crippen LogP contribution in [0.4, 0.5) is 69.1 Å². The zero-order chi connectivity index (χ0) is 41.3. The van der Waals surface area contributed by atoms with E-state index in [1.54, 1.807) is 0 Å². The fourth-order valence-corrected chi connectivity index (χ4v) is 3.84. The summed E-state index contributed by atoms with van der Waals surface area (Å²) in [6, 6.07) is 27.2. The third-order valence-corrected chi connectivity index (χ3v) is 6.14. The van der Waals surface area contributed by atoms with Crippen LogP contribution in [0.3, 0.4) is 0 Å². The van der Waals surface area contributed by atoms with Gasteiger partial charge in [0, 0.05) is 47.4 Å². The molecule has 6 aromatic rings. The van der Waals surface area contributed by atoms with Crippen LogP contribution < -0.4 is 0 Å². The molecule has 21 heteroatoms. The van der Waals surface area contributed by atoms with E-state index in [-0.39, 0.29) is 42.6 Å². The molecule has 0 amide bonds. The van der Waals surface area contributed by atoms with E-state index in [4.69, 9.17) is 0 Å². The molecular weight excluding hydrogens is 990 g/mol. The molecule has 0 aliphatic carbocycles. The summed E-state index contributed by atoms with van der Waals surface area (Å²) in [6.45, 7) is 0. The number of nitrogens with zero attached hydrogens (tertiary/aromatic N) is 3. The standard InChI is InChI=1S/2C12H5F5N.C11H9N.F6P.Ir/c2*13-8-2-3-9(10(14)5-8)11-4-1-7(6-18-11)12(15,16)17;1-2-6-10(7-3-1)11-8-4-5-9-12-11;1-7(2,3,4,5)6;/h2*1-2,4-6H;1-9H;;/q2*-1;;-1;+3. The van der Waals surface area contributed by atoms with Gasteiger partial charge in [-0.1, -0.05) is 83.9 Å². The Morgan fingerprint density at radius 3 is 1.18 bits per heavy atom. The number of halogens is 16. The van der Waals surface area contributed by atoms with E-state index in [9.17, 15) is 69.1 Å². The molecular formula is C35H19F16IrN3P. The molecule has 3 aromatic heterocycles. The first kappa shape index (κ1) is 47.2. The van der Waals surface area contributed by atoms with E-state index >= 15 is 0 Å². The molecule has 0 saturated heterocycles. The van der Waals surface area contributed by atoms with Crippen molar-refractivity contribution in [2.75, 3.05) is 0 Å². The van der Waals surface area contributed by atoms with Gasteiger partial charge in [-0.25, -0.2) is 0 Å². The fraction of sp³-hybridized carbons (Fsp3) is 0.0571. The average Bonchev–Trinajstić information content (AvgIpc) is 3.08. The molecule has 0 N–H and O–H groups in total. The van der Waals surface area contributed by atoms with Crippen LogP contribution in [0.2, 0.25) is 0 Å². The minimum atomic E-state index is -10.7. The Morgan fingerprint density at radius 1 is 0.482 bits per heavy atom. The number of pyridine rings is 3. The number of hydrogen-bond donors (Lipinski definition) is 0. The number of benzene rings is 3. The van der Waals surface area contributed by atoms with Crippen LogP contribution >= 0.6 is 7.81 Å². The van der Waals surface area contributed by atoms with Gasteiger partial charge < -0.3 is 9.97 Å². The first-order chi connectivity index (χ1) is 25.2. The Kier molecular flexibility index (Phi) is 15.1. The SMILES string of the molecule is F[P-](F)(F)(F)(F)F.Fc1c[c-]c(-c2ccc(C(F)(F)F)cn2)c(F)c1.Fc1c[c-]c(-c2ccc(C(F)(F)F)cn2)c(F)c1.[Ir+3].c1ccc(-c2ccccn2)cc1. The summed E-state index contributed by atoms with van der Waals surface area (Å²) >= 11 is 0. The monoisotopic (exact) mass is 1010 g/mol. The van der Waals surface area contributed by atoms with Crippen molar-refractivity contribution >= 4 is 7.81 Å². The van der Waals surface area contributed by atoms with Crippen molar-refractivity contribution in [3.63, 3.8) is 0 Å². The molecule has 6 rings (SSSR count). The van der Waals surface area contributed by atoms with Gasteiger partial charge in [0.2, 0.25) is 0 Å². The van der Waals surface area contributed by atoms with Gasteiger partial charge in [-0.2, -0.15) is 26.3 Å². The molecule has 0 spiro atoms. The van der Waals surface area contributed by atoms with Crippen molar-refractivity contribution in [3.05, 3.63) is 162 Å². The van der Waals surface area contributed by atoms with E-state index in [1.807, 2.05) is 42.6 Å². The Hall–Kier alpha value is -4.93. The van der Waals surface area contributed by atoms with Gasteiger partial charge in [0.15, 0.2) is 0 Å². The summed E-state index contributed by atoms with van der Waals surface area (Å²) < 4.78 is 185. The molecule has 0 unspecified atom stereocenters. The Balaban J connectivity index is 0.000000269. The minimum absolute atomic E-state index is 0. The zero-order valence-electron chi connectivity index (χ0n) is 27.1. The Bertz CT molecular complexity index is 2000. The molecule has 3 aromatic carbocycles. The van der Waals surface area contributed by atoms with E-state index in [0.717, 1.165) is 47.7 Å². The third-order valence-electron chi connectivity index (χ3n) is 6.14. The fourth-order valence-electron chi connectivity index (χ4n) is 3.84. The summed E-state index contributed by atoms with van der Waals surface area (Å²) in [5.74, 6) is -3.49. The van der Waals surface area contributed by atoms with Crippen LogP contribution in [0, 0.1) is 35.4 Å². The van der Waals surface area contributed by atoms with Crippen molar-refractivity contribution in [2.45, 2.75) is 12.4 Å². The van der Waals surface area contributed by atoms with Crippen molar-refractivity contribution in [1.82, 2.24) is 15.0 Å². The summed E-state index contributed by atoms with van der Waals surface area (Å²) in [6.07, 6.45) is -6.02. The van der Waals surface area contributed by atoms with Crippen molar-refractivity contribution in [3.8, 4) is 33.8 Å². The maximum absolute atomic E-state index is 13.3. The smallest absolute Gasteiger partial charge is 0.304 e. The van der Waals surface area contributed by atoms with Crippen molar-refractivity contribution < 1.29 is 89.2 Å². The maximum Gasteiger partial charge on any atom is 3.00 e. The second kappa shape index (κ2) is 17.9. The van der Waals surface area contributed by atoms with Crippen LogP contribution in [0.25, 0.3) is 33.8 Å². The molecule has 0 aliphatic heterocycles. The van der Waals surface area contributed by atoms with E-state index in [2.05, 4.69) is 39.2 Å². The Morgan fingerprint density at radius 2 is 0.875 bits per heavy atom. The molecule has 0 bridgehead atoms. The summed E-state index contributed by atoms with van der Waals surface area (Å²) in [7, 11) is -10.7. The molecule has 0 aliphatic rings. The molecule has 56 heavy (non-hydrogen) atoms. The summed E-state index contributed by atoms with van der Waals surface area (Å²) in [4.78, 5) is 11.2. The van der Waals surface area contributed by atoms with Crippen LogP contribution in [0.15, 0.2) is 116 Å². The maximum atomic E-state index is 13.3. The van der Waals surface area contributed by atoms with E-state index in [1.165, 1.54) is 0 Å². The Labute approximate surface area is 319 Å². The van der Waals surface area contributed by atoms with E-state index in [0.29, 0.717) is 24.5 Å². The molecule has 0 atom stereocenters. The van der Waals surface area contributed by atoms with Gasteiger partial charge in [0.05, 0.1) is 16.8 Å². The third kappa shape index (κ3) is 17.3. The molecule has 3 nitrogen and oxygen atoms in total. The zero-order valence-corrected chi connectivity index (χ0v) is 30.4. The van der Waals surface area contributed by atoms with Gasteiger partial charge in [0.1, 0.15) is 0 Å². The number of aromatic nitrogens is 3. The largest absolute Gasteiger partial charge is 3.00 e. The second-order valence-electron chi connectivity index (χ2n) is 10.5. The van der Waals surface area contributed by atoms with Crippen LogP contribution in [-0.4, -0.2) is 15.0 Å². The number of alkyl halides is 6. The van der Waals surface area contributed by atoms with Crippen LogP contribution in [0.5, 0.6) is 0 Å². The minimum Gasteiger partial charge on any atom is -0.304 e. The van der Waals surface area contributed by atoms with Gasteiger partial charge >= 0.3 is 65.4 Å². The van der Waals surface area contributed by atoms with Gasteiger partial charge in [-0.05, 0) is 23.5 Å². The summed E-state index contributed by atoms with van der Waals surface area (Å²) in [5, 5.41) is 0. The van der Waals surface area contributed by atoms with Crippen molar-refractivity contribution in [2.24, 2.45) is 0 Å². The second-order valence-corrected chi connectivity index (χ2v) is 12.4. The van der Waals surface area contributed by atoms with Crippen molar-refractivity contribution in [1.29, 1.82) is 0 Å². The molecule has 0 fully saturated rings. The quantitative estimate of drug-likeness (QED) is 0.101. The van der Waals surface area contributed by atoms with Gasteiger partial charge in [-0.3, -0.25) is 22.5 Å².